The van der Waals surface area contributed by atoms with Crippen LogP contribution in [0, 0.1) is 11.3 Å². The first kappa shape index (κ1) is 14.7. The lowest BCUT2D eigenvalue weighted by atomic mass is 10.1. The third-order valence-corrected chi connectivity index (χ3v) is 4.62. The monoisotopic (exact) mass is 317 g/mol. The van der Waals surface area contributed by atoms with Gasteiger partial charge in [-0.3, -0.25) is 0 Å². The zero-order chi connectivity index (χ0) is 16.5. The molecule has 5 nitrogen and oxygen atoms in total. The number of likely N-dealkylation sites (N-methyl/N-ethyl adjacent to an activating group) is 1. The molecule has 1 fully saturated rings. The Labute approximate surface area is 141 Å². The molecule has 1 N–H and O–H groups in total. The van der Waals surface area contributed by atoms with Crippen LogP contribution in [0.4, 0.5) is 5.69 Å². The van der Waals surface area contributed by atoms with E-state index in [1.54, 1.807) is 0 Å². The van der Waals surface area contributed by atoms with Gasteiger partial charge < -0.3 is 14.8 Å². The van der Waals surface area contributed by atoms with Crippen LogP contribution >= 0.6 is 0 Å². The van der Waals surface area contributed by atoms with Crippen molar-refractivity contribution in [1.29, 1.82) is 5.26 Å². The SMILES string of the molecule is CN1CCN(c2ccc3nc(-c4ccc(C#N)cc4)[nH]c3c2)CC1. The summed E-state index contributed by atoms with van der Waals surface area (Å²) in [4.78, 5) is 12.9. The number of hydrogen-bond donors (Lipinski definition) is 1. The fourth-order valence-corrected chi connectivity index (χ4v) is 3.10. The highest BCUT2D eigenvalue weighted by atomic mass is 15.2. The molecule has 0 radical (unpaired) electrons. The summed E-state index contributed by atoms with van der Waals surface area (Å²) in [6.45, 7) is 4.30. The third kappa shape index (κ3) is 2.72. The molecule has 4 rings (SSSR count). The van der Waals surface area contributed by atoms with E-state index in [-0.39, 0.29) is 0 Å². The summed E-state index contributed by atoms with van der Waals surface area (Å²) < 4.78 is 0. The third-order valence-electron chi connectivity index (χ3n) is 4.62. The smallest absolute Gasteiger partial charge is 0.138 e. The molecule has 1 aliphatic rings. The van der Waals surface area contributed by atoms with Gasteiger partial charge in [-0.25, -0.2) is 4.98 Å². The summed E-state index contributed by atoms with van der Waals surface area (Å²) in [5, 5.41) is 8.90. The van der Waals surface area contributed by atoms with Gasteiger partial charge in [0.25, 0.3) is 0 Å². The Bertz CT molecular complexity index is 896. The van der Waals surface area contributed by atoms with Gasteiger partial charge in [0, 0.05) is 37.4 Å². The van der Waals surface area contributed by atoms with Gasteiger partial charge in [0.1, 0.15) is 5.82 Å². The van der Waals surface area contributed by atoms with Crippen molar-refractivity contribution in [2.24, 2.45) is 0 Å². The molecule has 1 aromatic heterocycles. The Morgan fingerprint density at radius 3 is 2.50 bits per heavy atom. The van der Waals surface area contributed by atoms with E-state index in [2.05, 4.69) is 51.1 Å². The van der Waals surface area contributed by atoms with Gasteiger partial charge in [-0.2, -0.15) is 5.26 Å². The predicted octanol–water partition coefficient (Wildman–Crippen LogP) is 2.85. The Morgan fingerprint density at radius 1 is 1.04 bits per heavy atom. The Kier molecular flexibility index (Phi) is 3.68. The number of nitrogens with zero attached hydrogens (tertiary/aromatic N) is 4. The van der Waals surface area contributed by atoms with Crippen LogP contribution in [0.3, 0.4) is 0 Å². The molecule has 3 aromatic rings. The Morgan fingerprint density at radius 2 is 1.79 bits per heavy atom. The highest BCUT2D eigenvalue weighted by molar-refractivity contribution is 5.83. The van der Waals surface area contributed by atoms with Crippen LogP contribution in [0.2, 0.25) is 0 Å². The molecule has 0 bridgehead atoms. The van der Waals surface area contributed by atoms with E-state index in [4.69, 9.17) is 5.26 Å². The summed E-state index contributed by atoms with van der Waals surface area (Å²) in [7, 11) is 2.17. The minimum atomic E-state index is 0.659. The minimum absolute atomic E-state index is 0.659. The van der Waals surface area contributed by atoms with E-state index in [1.165, 1.54) is 5.69 Å². The molecule has 2 heterocycles. The number of rotatable bonds is 2. The van der Waals surface area contributed by atoms with Crippen molar-refractivity contribution >= 4 is 16.7 Å². The maximum atomic E-state index is 8.90. The number of aromatic nitrogens is 2. The lowest BCUT2D eigenvalue weighted by molar-refractivity contribution is 0.313. The number of H-pyrrole nitrogens is 1. The van der Waals surface area contributed by atoms with E-state index in [9.17, 15) is 0 Å². The van der Waals surface area contributed by atoms with Crippen molar-refractivity contribution in [2.75, 3.05) is 38.1 Å². The number of hydrogen-bond acceptors (Lipinski definition) is 4. The molecule has 0 atom stereocenters. The van der Waals surface area contributed by atoms with Gasteiger partial charge >= 0.3 is 0 Å². The summed E-state index contributed by atoms with van der Waals surface area (Å²) in [6.07, 6.45) is 0. The topological polar surface area (TPSA) is 58.9 Å². The van der Waals surface area contributed by atoms with Crippen LogP contribution in [0.1, 0.15) is 5.56 Å². The second-order valence-electron chi connectivity index (χ2n) is 6.27. The molecule has 120 valence electrons. The van der Waals surface area contributed by atoms with Crippen LogP contribution in [0.15, 0.2) is 42.5 Å². The maximum absolute atomic E-state index is 8.90. The molecule has 0 saturated carbocycles. The molecular formula is C19H19N5. The number of aromatic amines is 1. The maximum Gasteiger partial charge on any atom is 0.138 e. The van der Waals surface area contributed by atoms with Crippen molar-refractivity contribution in [3.05, 3.63) is 48.0 Å². The first-order chi connectivity index (χ1) is 11.7. The zero-order valence-electron chi connectivity index (χ0n) is 13.7. The van der Waals surface area contributed by atoms with Crippen LogP contribution in [-0.4, -0.2) is 48.1 Å². The highest BCUT2D eigenvalue weighted by Gasteiger charge is 2.15. The van der Waals surface area contributed by atoms with E-state index >= 15 is 0 Å². The van der Waals surface area contributed by atoms with Crippen LogP contribution in [-0.2, 0) is 0 Å². The molecule has 1 saturated heterocycles. The molecule has 2 aromatic carbocycles. The number of nitrogens with one attached hydrogen (secondary N) is 1. The quantitative estimate of drug-likeness (QED) is 0.789. The van der Waals surface area contributed by atoms with E-state index in [0.29, 0.717) is 5.56 Å². The fraction of sp³-hybridized carbons (Fsp3) is 0.263. The Hall–Kier alpha value is -2.84. The standard InChI is InChI=1S/C19H19N5/c1-23-8-10-24(11-9-23)16-6-7-17-18(12-16)22-19(21-17)15-4-2-14(13-20)3-5-15/h2-7,12H,8-11H2,1H3,(H,21,22). The number of nitriles is 1. The van der Waals surface area contributed by atoms with E-state index < -0.39 is 0 Å². The van der Waals surface area contributed by atoms with Gasteiger partial charge in [-0.05, 0) is 49.5 Å². The van der Waals surface area contributed by atoms with Crippen molar-refractivity contribution in [1.82, 2.24) is 14.9 Å². The van der Waals surface area contributed by atoms with Crippen LogP contribution in [0.25, 0.3) is 22.4 Å². The predicted molar refractivity (Wildman–Crippen MR) is 96.0 cm³/mol. The van der Waals surface area contributed by atoms with E-state index in [1.807, 2.05) is 24.3 Å². The minimum Gasteiger partial charge on any atom is -0.369 e. The number of imidazole rings is 1. The van der Waals surface area contributed by atoms with Crippen molar-refractivity contribution in [3.8, 4) is 17.5 Å². The molecular weight excluding hydrogens is 298 g/mol. The molecule has 0 aliphatic carbocycles. The second kappa shape index (κ2) is 5.99. The number of anilines is 1. The lowest BCUT2D eigenvalue weighted by Crippen LogP contribution is -2.44. The molecule has 0 amide bonds. The summed E-state index contributed by atoms with van der Waals surface area (Å²) >= 11 is 0. The fourth-order valence-electron chi connectivity index (χ4n) is 3.10. The number of fused-ring (bicyclic) bond motifs is 1. The molecule has 0 unspecified atom stereocenters. The van der Waals surface area contributed by atoms with Gasteiger partial charge in [-0.1, -0.05) is 0 Å². The average molecular weight is 317 g/mol. The first-order valence-electron chi connectivity index (χ1n) is 8.17. The van der Waals surface area contributed by atoms with Crippen LogP contribution in [0.5, 0.6) is 0 Å². The highest BCUT2D eigenvalue weighted by Crippen LogP contribution is 2.25. The average Bonchev–Trinajstić information content (AvgIpc) is 3.05. The molecule has 1 aliphatic heterocycles. The van der Waals surface area contributed by atoms with Crippen LogP contribution < -0.4 is 4.90 Å². The van der Waals surface area contributed by atoms with Gasteiger partial charge in [0.2, 0.25) is 0 Å². The summed E-state index contributed by atoms with van der Waals surface area (Å²) in [6, 6.07) is 16.0. The normalized spacial score (nSPS) is 15.6. The zero-order valence-corrected chi connectivity index (χ0v) is 13.7. The summed E-state index contributed by atoms with van der Waals surface area (Å²) in [5.41, 5.74) is 4.90. The largest absolute Gasteiger partial charge is 0.369 e. The molecule has 5 heteroatoms. The van der Waals surface area contributed by atoms with Crippen molar-refractivity contribution in [3.63, 3.8) is 0 Å². The molecule has 0 spiro atoms. The second-order valence-corrected chi connectivity index (χ2v) is 6.27. The van der Waals surface area contributed by atoms with Crippen molar-refractivity contribution < 1.29 is 0 Å². The molecule has 24 heavy (non-hydrogen) atoms. The number of benzene rings is 2. The number of piperazine rings is 1. The summed E-state index contributed by atoms with van der Waals surface area (Å²) in [5.74, 6) is 0.838. The Balaban J connectivity index is 1.64. The van der Waals surface area contributed by atoms with Crippen molar-refractivity contribution in [2.45, 2.75) is 0 Å². The van der Waals surface area contributed by atoms with E-state index in [0.717, 1.165) is 48.6 Å². The van der Waals surface area contributed by atoms with Gasteiger partial charge in [0.15, 0.2) is 0 Å². The first-order valence-corrected chi connectivity index (χ1v) is 8.17. The van der Waals surface area contributed by atoms with Gasteiger partial charge in [-0.15, -0.1) is 0 Å². The lowest BCUT2D eigenvalue weighted by Gasteiger charge is -2.34. The van der Waals surface area contributed by atoms with Gasteiger partial charge in [0.05, 0.1) is 22.7 Å².